The second-order valence-electron chi connectivity index (χ2n) is 6.15. The zero-order valence-electron chi connectivity index (χ0n) is 11.6. The van der Waals surface area contributed by atoms with Crippen LogP contribution < -0.4 is 11.1 Å². The maximum atomic E-state index is 5.83. The van der Waals surface area contributed by atoms with Crippen molar-refractivity contribution in [1.29, 1.82) is 0 Å². The van der Waals surface area contributed by atoms with E-state index < -0.39 is 0 Å². The molecule has 19 heavy (non-hydrogen) atoms. The Morgan fingerprint density at radius 2 is 1.95 bits per heavy atom. The summed E-state index contributed by atoms with van der Waals surface area (Å²) in [5.74, 6) is 0.991. The summed E-state index contributed by atoms with van der Waals surface area (Å²) in [5, 5.41) is 3.73. The lowest BCUT2D eigenvalue weighted by molar-refractivity contribution is 0.190. The third kappa shape index (κ3) is 3.95. The highest BCUT2D eigenvalue weighted by Crippen LogP contribution is 2.28. The molecule has 1 heterocycles. The van der Waals surface area contributed by atoms with E-state index in [0.29, 0.717) is 0 Å². The van der Waals surface area contributed by atoms with Gasteiger partial charge in [0.15, 0.2) is 0 Å². The van der Waals surface area contributed by atoms with Crippen molar-refractivity contribution in [3.05, 3.63) is 29.8 Å². The van der Waals surface area contributed by atoms with E-state index in [4.69, 9.17) is 5.73 Å². The van der Waals surface area contributed by atoms with Gasteiger partial charge >= 0.3 is 0 Å². The van der Waals surface area contributed by atoms with E-state index in [0.717, 1.165) is 24.2 Å². The number of nitrogens with zero attached hydrogens (tertiary/aromatic N) is 1. The fourth-order valence-corrected chi connectivity index (χ4v) is 2.90. The van der Waals surface area contributed by atoms with Gasteiger partial charge in [-0.05, 0) is 68.9 Å². The minimum absolute atomic E-state index is 0.748. The first-order chi connectivity index (χ1) is 9.29. The van der Waals surface area contributed by atoms with Gasteiger partial charge in [-0.3, -0.25) is 4.90 Å². The van der Waals surface area contributed by atoms with Crippen LogP contribution in [0.3, 0.4) is 0 Å². The van der Waals surface area contributed by atoms with Crippen LogP contribution in [0.25, 0.3) is 0 Å². The van der Waals surface area contributed by atoms with Crippen LogP contribution in [-0.2, 0) is 6.54 Å². The van der Waals surface area contributed by atoms with Gasteiger partial charge < -0.3 is 11.1 Å². The molecule has 1 aromatic rings. The van der Waals surface area contributed by atoms with E-state index in [2.05, 4.69) is 28.4 Å². The van der Waals surface area contributed by atoms with Crippen LogP contribution >= 0.6 is 0 Å². The van der Waals surface area contributed by atoms with E-state index in [1.54, 1.807) is 0 Å². The second-order valence-corrected chi connectivity index (χ2v) is 6.15. The predicted molar refractivity (Wildman–Crippen MR) is 79.9 cm³/mol. The molecule has 0 unspecified atom stereocenters. The lowest BCUT2D eigenvalue weighted by Gasteiger charge is -2.32. The number of likely N-dealkylation sites (tertiary alicyclic amines) is 1. The molecule has 1 saturated heterocycles. The maximum Gasteiger partial charge on any atom is 0.0317 e. The minimum Gasteiger partial charge on any atom is -0.399 e. The first-order valence-corrected chi connectivity index (χ1v) is 7.60. The molecule has 0 amide bonds. The third-order valence-electron chi connectivity index (χ3n) is 4.34. The molecular weight excluding hydrogens is 234 g/mol. The van der Waals surface area contributed by atoms with E-state index in [-0.39, 0.29) is 0 Å². The van der Waals surface area contributed by atoms with Crippen molar-refractivity contribution in [3.63, 3.8) is 0 Å². The number of anilines is 1. The number of rotatable bonds is 5. The Balaban J connectivity index is 1.42. The highest BCUT2D eigenvalue weighted by molar-refractivity contribution is 5.40. The van der Waals surface area contributed by atoms with Crippen molar-refractivity contribution in [2.75, 3.05) is 25.4 Å². The Morgan fingerprint density at radius 1 is 1.16 bits per heavy atom. The van der Waals surface area contributed by atoms with Gasteiger partial charge in [0.1, 0.15) is 0 Å². The van der Waals surface area contributed by atoms with E-state index in [1.165, 1.54) is 50.9 Å². The van der Waals surface area contributed by atoms with Gasteiger partial charge in [-0.15, -0.1) is 0 Å². The normalized spacial score (nSPS) is 21.7. The fraction of sp³-hybridized carbons (Fsp3) is 0.625. The molecule has 2 aliphatic rings. The summed E-state index contributed by atoms with van der Waals surface area (Å²) in [6, 6.07) is 9.02. The van der Waals surface area contributed by atoms with Gasteiger partial charge in [-0.25, -0.2) is 0 Å². The molecule has 0 aromatic heterocycles. The summed E-state index contributed by atoms with van der Waals surface area (Å²) >= 11 is 0. The molecule has 0 radical (unpaired) electrons. The van der Waals surface area contributed by atoms with Crippen LogP contribution in [-0.4, -0.2) is 30.6 Å². The quantitative estimate of drug-likeness (QED) is 0.797. The zero-order chi connectivity index (χ0) is 13.1. The Labute approximate surface area is 116 Å². The summed E-state index contributed by atoms with van der Waals surface area (Å²) in [7, 11) is 0. The van der Waals surface area contributed by atoms with Gasteiger partial charge in [0, 0.05) is 18.3 Å². The van der Waals surface area contributed by atoms with Crippen molar-refractivity contribution in [3.8, 4) is 0 Å². The van der Waals surface area contributed by atoms with Crippen LogP contribution in [0.15, 0.2) is 24.3 Å². The molecular formula is C16H25N3. The monoisotopic (exact) mass is 259 g/mol. The molecule has 0 atom stereocenters. The number of nitrogen functional groups attached to an aromatic ring is 1. The standard InChI is InChI=1S/C16H25N3/c17-15-3-1-2-14(10-15)12-19-8-6-16(7-9-19)18-11-13-4-5-13/h1-3,10,13,16,18H,4-9,11-12,17H2. The van der Waals surface area contributed by atoms with E-state index in [9.17, 15) is 0 Å². The van der Waals surface area contributed by atoms with Gasteiger partial charge in [0.25, 0.3) is 0 Å². The maximum absolute atomic E-state index is 5.83. The first-order valence-electron chi connectivity index (χ1n) is 7.60. The SMILES string of the molecule is Nc1cccc(CN2CCC(NCC3CC3)CC2)c1. The van der Waals surface area contributed by atoms with Crippen molar-refractivity contribution in [2.45, 2.75) is 38.3 Å². The van der Waals surface area contributed by atoms with Gasteiger partial charge in [0.2, 0.25) is 0 Å². The zero-order valence-corrected chi connectivity index (χ0v) is 11.6. The lowest BCUT2D eigenvalue weighted by Crippen LogP contribution is -2.42. The topological polar surface area (TPSA) is 41.3 Å². The van der Waals surface area contributed by atoms with Crippen molar-refractivity contribution >= 4 is 5.69 Å². The smallest absolute Gasteiger partial charge is 0.0317 e. The van der Waals surface area contributed by atoms with Crippen LogP contribution in [0.2, 0.25) is 0 Å². The Kier molecular flexibility index (Phi) is 4.04. The molecule has 1 aromatic carbocycles. The second kappa shape index (κ2) is 5.93. The number of hydrogen-bond donors (Lipinski definition) is 2. The summed E-state index contributed by atoms with van der Waals surface area (Å²) in [6.45, 7) is 4.70. The van der Waals surface area contributed by atoms with Crippen molar-refractivity contribution in [2.24, 2.45) is 5.92 Å². The molecule has 3 rings (SSSR count). The Hall–Kier alpha value is -1.06. The van der Waals surface area contributed by atoms with Gasteiger partial charge in [-0.2, -0.15) is 0 Å². The molecule has 0 bridgehead atoms. The van der Waals surface area contributed by atoms with Crippen LogP contribution in [0.4, 0.5) is 5.69 Å². The molecule has 0 spiro atoms. The number of benzene rings is 1. The average Bonchev–Trinajstić information content (AvgIpc) is 3.22. The van der Waals surface area contributed by atoms with Crippen LogP contribution in [0.5, 0.6) is 0 Å². The number of hydrogen-bond acceptors (Lipinski definition) is 3. The van der Waals surface area contributed by atoms with E-state index in [1.807, 2.05) is 6.07 Å². The predicted octanol–water partition coefficient (Wildman–Crippen LogP) is 2.23. The lowest BCUT2D eigenvalue weighted by atomic mass is 10.0. The Morgan fingerprint density at radius 3 is 2.63 bits per heavy atom. The summed E-state index contributed by atoms with van der Waals surface area (Å²) in [6.07, 6.45) is 5.46. The molecule has 1 saturated carbocycles. The summed E-state index contributed by atoms with van der Waals surface area (Å²) < 4.78 is 0. The molecule has 1 aliphatic heterocycles. The van der Waals surface area contributed by atoms with Crippen molar-refractivity contribution in [1.82, 2.24) is 10.2 Å². The highest BCUT2D eigenvalue weighted by Gasteiger charge is 2.24. The summed E-state index contributed by atoms with van der Waals surface area (Å²) in [5.41, 5.74) is 8.04. The average molecular weight is 259 g/mol. The summed E-state index contributed by atoms with van der Waals surface area (Å²) in [4.78, 5) is 2.55. The third-order valence-corrected chi connectivity index (χ3v) is 4.34. The number of nitrogens with one attached hydrogen (secondary N) is 1. The van der Waals surface area contributed by atoms with Crippen LogP contribution in [0.1, 0.15) is 31.2 Å². The molecule has 2 fully saturated rings. The van der Waals surface area contributed by atoms with Gasteiger partial charge in [-0.1, -0.05) is 12.1 Å². The molecule has 3 N–H and O–H groups in total. The Bertz CT molecular complexity index is 406. The molecule has 3 heteroatoms. The number of nitrogens with two attached hydrogens (primary N) is 1. The van der Waals surface area contributed by atoms with E-state index >= 15 is 0 Å². The highest BCUT2D eigenvalue weighted by atomic mass is 15.1. The number of piperidine rings is 1. The van der Waals surface area contributed by atoms with Gasteiger partial charge in [0.05, 0.1) is 0 Å². The molecule has 3 nitrogen and oxygen atoms in total. The minimum atomic E-state index is 0.748. The van der Waals surface area contributed by atoms with Crippen molar-refractivity contribution < 1.29 is 0 Å². The fourth-order valence-electron chi connectivity index (χ4n) is 2.90. The van der Waals surface area contributed by atoms with Crippen LogP contribution in [0, 0.1) is 5.92 Å². The molecule has 104 valence electrons. The molecule has 1 aliphatic carbocycles. The first kappa shape index (κ1) is 12.9. The largest absolute Gasteiger partial charge is 0.399 e.